The van der Waals surface area contributed by atoms with Crippen molar-refractivity contribution in [2.24, 2.45) is 0 Å². The predicted molar refractivity (Wildman–Crippen MR) is 117 cm³/mol. The number of benzene rings is 2. The van der Waals surface area contributed by atoms with Crippen LogP contribution in [0.15, 0.2) is 42.5 Å². The Bertz CT molecular complexity index is 955. The Labute approximate surface area is 173 Å². The Kier molecular flexibility index (Phi) is 7.30. The summed E-state index contributed by atoms with van der Waals surface area (Å²) in [5.41, 5.74) is 3.67. The zero-order chi connectivity index (χ0) is 21.8. The van der Waals surface area contributed by atoms with Gasteiger partial charge in [-0.3, -0.25) is 9.10 Å². The number of aryl methyl sites for hydroxylation is 2. The van der Waals surface area contributed by atoms with Gasteiger partial charge in [-0.25, -0.2) is 8.42 Å². The Morgan fingerprint density at radius 2 is 1.76 bits per heavy atom. The van der Waals surface area contributed by atoms with Crippen molar-refractivity contribution in [3.8, 4) is 5.75 Å². The average molecular weight is 419 g/mol. The molecule has 2 atom stereocenters. The number of hydrogen-bond acceptors (Lipinski definition) is 4. The molecule has 0 spiro atoms. The maximum Gasteiger partial charge on any atom is 0.244 e. The fourth-order valence-electron chi connectivity index (χ4n) is 3.49. The number of sulfonamides is 1. The van der Waals surface area contributed by atoms with Crippen molar-refractivity contribution in [1.82, 2.24) is 5.32 Å². The van der Waals surface area contributed by atoms with E-state index >= 15 is 0 Å². The summed E-state index contributed by atoms with van der Waals surface area (Å²) in [7, 11) is -2.13. The Morgan fingerprint density at radius 3 is 2.24 bits per heavy atom. The second kappa shape index (κ2) is 9.31. The summed E-state index contributed by atoms with van der Waals surface area (Å²) in [6.07, 6.45) is 1.45. The lowest BCUT2D eigenvalue weighted by Crippen LogP contribution is -2.49. The van der Waals surface area contributed by atoms with Crippen LogP contribution in [0.1, 0.15) is 43.0 Å². The van der Waals surface area contributed by atoms with Crippen LogP contribution in [0.25, 0.3) is 0 Å². The molecule has 2 aromatic rings. The molecule has 1 N–H and O–H groups in total. The average Bonchev–Trinajstić information content (AvgIpc) is 2.64. The van der Waals surface area contributed by atoms with E-state index in [0.29, 0.717) is 17.9 Å². The predicted octanol–water partition coefficient (Wildman–Crippen LogP) is 3.73. The summed E-state index contributed by atoms with van der Waals surface area (Å²) in [5.74, 6) is 0.282. The SMILES string of the molecule is CC[C@H](C(=O)N[C@@H](C)c1ccc(C)cc1C)N(c1ccc(OC)cc1)S(C)(=O)=O. The minimum atomic E-state index is -3.68. The highest BCUT2D eigenvalue weighted by Gasteiger charge is 2.32. The topological polar surface area (TPSA) is 75.7 Å². The van der Waals surface area contributed by atoms with E-state index in [1.165, 1.54) is 4.31 Å². The number of carbonyl (C=O) groups is 1. The van der Waals surface area contributed by atoms with Crippen LogP contribution in [-0.2, 0) is 14.8 Å². The fourth-order valence-corrected chi connectivity index (χ4v) is 4.70. The van der Waals surface area contributed by atoms with Gasteiger partial charge < -0.3 is 10.1 Å². The van der Waals surface area contributed by atoms with Crippen molar-refractivity contribution < 1.29 is 17.9 Å². The molecule has 2 rings (SSSR count). The number of carbonyl (C=O) groups excluding carboxylic acids is 1. The zero-order valence-electron chi connectivity index (χ0n) is 17.9. The third-order valence-corrected chi connectivity index (χ3v) is 6.09. The number of methoxy groups -OCH3 is 1. The van der Waals surface area contributed by atoms with Gasteiger partial charge in [-0.1, -0.05) is 30.7 Å². The molecule has 0 aliphatic rings. The van der Waals surface area contributed by atoms with Gasteiger partial charge >= 0.3 is 0 Å². The summed E-state index contributed by atoms with van der Waals surface area (Å²) in [6, 6.07) is 11.6. The van der Waals surface area contributed by atoms with Crippen molar-refractivity contribution in [3.05, 3.63) is 59.2 Å². The molecule has 29 heavy (non-hydrogen) atoms. The lowest BCUT2D eigenvalue weighted by Gasteiger charge is -2.31. The van der Waals surface area contributed by atoms with Crippen LogP contribution in [0.4, 0.5) is 5.69 Å². The highest BCUT2D eigenvalue weighted by atomic mass is 32.2. The normalized spacial score (nSPS) is 13.4. The van der Waals surface area contributed by atoms with Crippen LogP contribution in [0.3, 0.4) is 0 Å². The maximum atomic E-state index is 13.1. The third-order valence-electron chi connectivity index (χ3n) is 4.91. The Morgan fingerprint density at radius 1 is 1.14 bits per heavy atom. The van der Waals surface area contributed by atoms with Crippen molar-refractivity contribution in [3.63, 3.8) is 0 Å². The van der Waals surface area contributed by atoms with E-state index in [9.17, 15) is 13.2 Å². The van der Waals surface area contributed by atoms with Crippen LogP contribution in [0.2, 0.25) is 0 Å². The first-order chi connectivity index (χ1) is 13.6. The van der Waals surface area contributed by atoms with Crippen molar-refractivity contribution in [2.45, 2.75) is 46.2 Å². The smallest absolute Gasteiger partial charge is 0.244 e. The van der Waals surface area contributed by atoms with Crippen LogP contribution in [0.5, 0.6) is 5.75 Å². The molecule has 2 aromatic carbocycles. The van der Waals surface area contributed by atoms with Gasteiger partial charge in [0.25, 0.3) is 0 Å². The molecule has 0 unspecified atom stereocenters. The van der Waals surface area contributed by atoms with E-state index in [-0.39, 0.29) is 11.9 Å². The van der Waals surface area contributed by atoms with Crippen molar-refractivity contribution >= 4 is 21.6 Å². The van der Waals surface area contributed by atoms with Crippen LogP contribution >= 0.6 is 0 Å². The maximum absolute atomic E-state index is 13.1. The molecule has 0 radical (unpaired) electrons. The molecule has 0 aliphatic carbocycles. The number of nitrogens with one attached hydrogen (secondary N) is 1. The first-order valence-corrected chi connectivity index (χ1v) is 11.4. The molecule has 6 nitrogen and oxygen atoms in total. The highest BCUT2D eigenvalue weighted by molar-refractivity contribution is 7.92. The third kappa shape index (κ3) is 5.50. The summed E-state index contributed by atoms with van der Waals surface area (Å²) in [5, 5.41) is 2.98. The zero-order valence-corrected chi connectivity index (χ0v) is 18.7. The molecule has 7 heteroatoms. The minimum Gasteiger partial charge on any atom is -0.497 e. The van der Waals surface area contributed by atoms with E-state index < -0.39 is 16.1 Å². The second-order valence-corrected chi connectivity index (χ2v) is 9.13. The Hall–Kier alpha value is -2.54. The van der Waals surface area contributed by atoms with E-state index in [0.717, 1.165) is 22.9 Å². The van der Waals surface area contributed by atoms with Gasteiger partial charge in [0, 0.05) is 0 Å². The fraction of sp³-hybridized carbons (Fsp3) is 0.409. The minimum absolute atomic E-state index is 0.241. The largest absolute Gasteiger partial charge is 0.497 e. The second-order valence-electron chi connectivity index (χ2n) is 7.27. The molecule has 0 aromatic heterocycles. The van der Waals surface area contributed by atoms with Crippen LogP contribution < -0.4 is 14.4 Å². The first-order valence-electron chi connectivity index (χ1n) is 9.59. The lowest BCUT2D eigenvalue weighted by atomic mass is 10.00. The summed E-state index contributed by atoms with van der Waals surface area (Å²) >= 11 is 0. The molecule has 0 aliphatic heterocycles. The molecule has 1 amide bonds. The standard InChI is InChI=1S/C22H30N2O4S/c1-7-21(22(25)23-17(4)20-13-8-15(2)14-16(20)3)24(29(6,26)27)18-9-11-19(28-5)12-10-18/h8-14,17,21H,7H2,1-6H3,(H,23,25)/t17-,21+/m0/s1. The summed E-state index contributed by atoms with van der Waals surface area (Å²) in [4.78, 5) is 13.1. The van der Waals surface area contributed by atoms with E-state index in [1.54, 1.807) is 38.3 Å². The molecule has 0 bridgehead atoms. The number of rotatable bonds is 8. The lowest BCUT2D eigenvalue weighted by molar-refractivity contribution is -0.122. The number of amides is 1. The van der Waals surface area contributed by atoms with Gasteiger partial charge in [0.2, 0.25) is 15.9 Å². The molecule has 0 heterocycles. The molecule has 0 fully saturated rings. The quantitative estimate of drug-likeness (QED) is 0.709. The Balaban J connectivity index is 2.32. The van der Waals surface area contributed by atoms with Crippen molar-refractivity contribution in [2.75, 3.05) is 17.7 Å². The number of anilines is 1. The van der Waals surface area contributed by atoms with Gasteiger partial charge in [-0.2, -0.15) is 0 Å². The number of ether oxygens (including phenoxy) is 1. The number of hydrogen-bond donors (Lipinski definition) is 1. The summed E-state index contributed by atoms with van der Waals surface area (Å²) < 4.78 is 31.4. The molecule has 0 saturated carbocycles. The van der Waals surface area contributed by atoms with E-state index in [2.05, 4.69) is 11.4 Å². The molecule has 158 valence electrons. The molecular formula is C22H30N2O4S. The molecule has 0 saturated heterocycles. The van der Waals surface area contributed by atoms with Gasteiger partial charge in [-0.05, 0) is 62.6 Å². The van der Waals surface area contributed by atoms with E-state index in [4.69, 9.17) is 4.74 Å². The summed E-state index contributed by atoms with van der Waals surface area (Å²) in [6.45, 7) is 7.72. The van der Waals surface area contributed by atoms with Crippen LogP contribution in [0, 0.1) is 13.8 Å². The van der Waals surface area contributed by atoms with Gasteiger partial charge in [0.1, 0.15) is 11.8 Å². The number of nitrogens with zero attached hydrogens (tertiary/aromatic N) is 1. The molecular weight excluding hydrogens is 388 g/mol. The highest BCUT2D eigenvalue weighted by Crippen LogP contribution is 2.26. The van der Waals surface area contributed by atoms with Crippen molar-refractivity contribution in [1.29, 1.82) is 0 Å². The van der Waals surface area contributed by atoms with Gasteiger partial charge in [0.05, 0.1) is 25.1 Å². The van der Waals surface area contributed by atoms with Crippen LogP contribution in [-0.4, -0.2) is 33.7 Å². The van der Waals surface area contributed by atoms with E-state index in [1.807, 2.05) is 32.9 Å². The monoisotopic (exact) mass is 418 g/mol. The van der Waals surface area contributed by atoms with Gasteiger partial charge in [0.15, 0.2) is 0 Å². The first kappa shape index (κ1) is 22.7. The van der Waals surface area contributed by atoms with Gasteiger partial charge in [-0.15, -0.1) is 0 Å².